The van der Waals surface area contributed by atoms with Gasteiger partial charge in [-0.05, 0) is 30.4 Å². The minimum absolute atomic E-state index is 0.173. The molecule has 4 rings (SSSR count). The molecule has 0 radical (unpaired) electrons. The van der Waals surface area contributed by atoms with Gasteiger partial charge in [-0.1, -0.05) is 47.7 Å². The summed E-state index contributed by atoms with van der Waals surface area (Å²) in [4.78, 5) is 8.16. The first-order valence-electron chi connectivity index (χ1n) is 10.9. The molecule has 0 atom stereocenters. The lowest BCUT2D eigenvalue weighted by molar-refractivity contribution is 0.122. The molecule has 1 saturated heterocycles. The van der Waals surface area contributed by atoms with Crippen LogP contribution in [0.15, 0.2) is 64.6 Å². The van der Waals surface area contributed by atoms with Crippen molar-refractivity contribution in [2.24, 2.45) is 5.10 Å². The van der Waals surface area contributed by atoms with E-state index >= 15 is 0 Å². The van der Waals surface area contributed by atoms with Crippen LogP contribution in [0.3, 0.4) is 0 Å². The Morgan fingerprint density at radius 1 is 1.17 bits per heavy atom. The number of nitrogens with zero attached hydrogens (tertiary/aromatic N) is 4. The van der Waals surface area contributed by atoms with Crippen LogP contribution in [0.1, 0.15) is 4.88 Å². The Bertz CT molecular complexity index is 1300. The Hall–Kier alpha value is -2.90. The molecule has 2 aromatic carbocycles. The van der Waals surface area contributed by atoms with Gasteiger partial charge in [0.05, 0.1) is 34.9 Å². The molecule has 0 aliphatic carbocycles. The molecule has 2 heterocycles. The van der Waals surface area contributed by atoms with Crippen LogP contribution >= 0.6 is 23.6 Å². The lowest BCUT2D eigenvalue weighted by atomic mass is 10.1. The number of anilines is 2. The number of nitrogens with one attached hydrogen (secondary N) is 2. The van der Waals surface area contributed by atoms with Crippen molar-refractivity contribution in [2.75, 3.05) is 50.6 Å². The maximum Gasteiger partial charge on any atom is 0.242 e. The molecular formula is C23H26N6O3S3. The molecule has 9 nitrogen and oxygen atoms in total. The highest BCUT2D eigenvalue weighted by Crippen LogP contribution is 2.32. The second-order valence-electron chi connectivity index (χ2n) is 7.81. The summed E-state index contributed by atoms with van der Waals surface area (Å²) < 4.78 is 31.4. The normalized spacial score (nSPS) is 14.4. The smallest absolute Gasteiger partial charge is 0.242 e. The number of benzene rings is 2. The van der Waals surface area contributed by atoms with E-state index in [9.17, 15) is 8.42 Å². The topological polar surface area (TPSA) is 99.2 Å². The third-order valence-electron chi connectivity index (χ3n) is 5.19. The summed E-state index contributed by atoms with van der Waals surface area (Å²) in [5.74, 6) is 0. The van der Waals surface area contributed by atoms with Crippen LogP contribution in [0.5, 0.6) is 0 Å². The number of thiazole rings is 1. The number of rotatable bonds is 7. The van der Waals surface area contributed by atoms with Gasteiger partial charge >= 0.3 is 0 Å². The molecule has 3 aromatic rings. The van der Waals surface area contributed by atoms with E-state index in [-0.39, 0.29) is 10.0 Å². The zero-order chi connectivity index (χ0) is 24.8. The molecule has 1 aliphatic heterocycles. The molecule has 2 N–H and O–H groups in total. The lowest BCUT2D eigenvalue weighted by Crippen LogP contribution is -2.36. The average Bonchev–Trinajstić information content (AvgIpc) is 3.29. The summed E-state index contributed by atoms with van der Waals surface area (Å²) in [6.45, 7) is 2.96. The standard InChI is InChI=1S/C23H26N6O3S3/c1-28(2)35(30,31)19-10-6-9-18(15-19)25-22(33)27-24-16-20-21(17-7-4-3-5-8-17)26-23(34-20)29-11-13-32-14-12-29/h3-10,15-16H,11-14H2,1-2H3,(H2,25,27,33)/b24-16-. The summed E-state index contributed by atoms with van der Waals surface area (Å²) in [5, 5.41) is 8.44. The number of ether oxygens (including phenoxy) is 1. The van der Waals surface area contributed by atoms with Crippen molar-refractivity contribution >= 4 is 55.7 Å². The first-order chi connectivity index (χ1) is 16.8. The summed E-state index contributed by atoms with van der Waals surface area (Å²) in [6.07, 6.45) is 1.70. The molecule has 12 heteroatoms. The highest BCUT2D eigenvalue weighted by atomic mass is 32.2. The van der Waals surface area contributed by atoms with E-state index in [1.54, 1.807) is 29.7 Å². The van der Waals surface area contributed by atoms with E-state index in [4.69, 9.17) is 21.9 Å². The van der Waals surface area contributed by atoms with E-state index < -0.39 is 10.0 Å². The van der Waals surface area contributed by atoms with E-state index in [2.05, 4.69) is 20.7 Å². The third kappa shape index (κ3) is 6.21. The number of hydrazone groups is 1. The fraction of sp³-hybridized carbons (Fsp3) is 0.261. The SMILES string of the molecule is CN(C)S(=O)(=O)c1cccc(NC(=S)N/N=C\c2sc(N3CCOCC3)nc2-c2ccccc2)c1. The monoisotopic (exact) mass is 530 g/mol. The van der Waals surface area contributed by atoms with E-state index in [0.29, 0.717) is 18.9 Å². The van der Waals surface area contributed by atoms with Crippen molar-refractivity contribution < 1.29 is 13.2 Å². The zero-order valence-corrected chi connectivity index (χ0v) is 21.8. The van der Waals surface area contributed by atoms with Gasteiger partial charge in [0.2, 0.25) is 10.0 Å². The van der Waals surface area contributed by atoms with Gasteiger partial charge in [-0.3, -0.25) is 5.43 Å². The van der Waals surface area contributed by atoms with E-state index in [0.717, 1.165) is 38.7 Å². The Morgan fingerprint density at radius 2 is 1.91 bits per heavy atom. The number of thiocarbonyl (C=S) groups is 1. The first kappa shape index (κ1) is 25.2. The summed E-state index contributed by atoms with van der Waals surface area (Å²) in [5.41, 5.74) is 5.20. The van der Waals surface area contributed by atoms with Gasteiger partial charge < -0.3 is 15.0 Å². The van der Waals surface area contributed by atoms with Gasteiger partial charge in [-0.2, -0.15) is 5.10 Å². The fourth-order valence-electron chi connectivity index (χ4n) is 3.35. The van der Waals surface area contributed by atoms with Crippen LogP contribution in [-0.2, 0) is 14.8 Å². The van der Waals surface area contributed by atoms with Crippen molar-refractivity contribution in [2.45, 2.75) is 4.90 Å². The van der Waals surface area contributed by atoms with Crippen molar-refractivity contribution in [1.29, 1.82) is 0 Å². The number of morpholine rings is 1. The largest absolute Gasteiger partial charge is 0.378 e. The zero-order valence-electron chi connectivity index (χ0n) is 19.3. The Kier molecular flexibility index (Phi) is 8.08. The first-order valence-corrected chi connectivity index (χ1v) is 13.5. The minimum Gasteiger partial charge on any atom is -0.378 e. The average molecular weight is 531 g/mol. The fourth-order valence-corrected chi connectivity index (χ4v) is 5.48. The summed E-state index contributed by atoms with van der Waals surface area (Å²) >= 11 is 6.90. The Labute approximate surface area is 214 Å². The number of hydrogen-bond donors (Lipinski definition) is 2. The third-order valence-corrected chi connectivity index (χ3v) is 8.24. The van der Waals surface area contributed by atoms with Crippen molar-refractivity contribution in [3.05, 3.63) is 59.5 Å². The quantitative estimate of drug-likeness (QED) is 0.273. The van der Waals surface area contributed by atoms with Crippen LogP contribution in [0.4, 0.5) is 10.8 Å². The van der Waals surface area contributed by atoms with Crippen LogP contribution in [0.25, 0.3) is 11.3 Å². The number of sulfonamides is 1. The minimum atomic E-state index is -3.54. The van der Waals surface area contributed by atoms with Crippen LogP contribution in [0, 0.1) is 0 Å². The molecule has 1 aromatic heterocycles. The maximum atomic E-state index is 12.4. The Morgan fingerprint density at radius 3 is 2.63 bits per heavy atom. The summed E-state index contributed by atoms with van der Waals surface area (Å²) in [7, 11) is -0.564. The van der Waals surface area contributed by atoms with Gasteiger partial charge in [0.25, 0.3) is 0 Å². The van der Waals surface area contributed by atoms with Crippen LogP contribution in [0.2, 0.25) is 0 Å². The molecule has 0 unspecified atom stereocenters. The van der Waals surface area contributed by atoms with E-state index in [1.807, 2.05) is 30.3 Å². The predicted octanol–water partition coefficient (Wildman–Crippen LogP) is 3.22. The molecule has 0 bridgehead atoms. The second kappa shape index (κ2) is 11.2. The van der Waals surface area contributed by atoms with Gasteiger partial charge in [-0.15, -0.1) is 0 Å². The molecule has 1 fully saturated rings. The molecule has 0 saturated carbocycles. The van der Waals surface area contributed by atoms with Gasteiger partial charge in [0, 0.05) is 38.4 Å². The van der Waals surface area contributed by atoms with Crippen molar-refractivity contribution in [3.63, 3.8) is 0 Å². The second-order valence-corrected chi connectivity index (χ2v) is 11.4. The van der Waals surface area contributed by atoms with E-state index in [1.165, 1.54) is 26.2 Å². The molecule has 1 aliphatic rings. The Balaban J connectivity index is 1.48. The molecule has 35 heavy (non-hydrogen) atoms. The summed E-state index contributed by atoms with van der Waals surface area (Å²) in [6, 6.07) is 16.4. The molecule has 0 spiro atoms. The van der Waals surface area contributed by atoms with Gasteiger partial charge in [0.1, 0.15) is 0 Å². The predicted molar refractivity (Wildman–Crippen MR) is 145 cm³/mol. The number of hydrogen-bond acceptors (Lipinski definition) is 8. The van der Waals surface area contributed by atoms with Crippen LogP contribution in [-0.4, -0.2) is 69.4 Å². The molecule has 184 valence electrons. The van der Waals surface area contributed by atoms with Crippen molar-refractivity contribution in [1.82, 2.24) is 14.7 Å². The lowest BCUT2D eigenvalue weighted by Gasteiger charge is -2.26. The molecular weight excluding hydrogens is 504 g/mol. The van der Waals surface area contributed by atoms with Gasteiger partial charge in [0.15, 0.2) is 10.2 Å². The van der Waals surface area contributed by atoms with Crippen LogP contribution < -0.4 is 15.6 Å². The highest BCUT2D eigenvalue weighted by Gasteiger charge is 2.19. The van der Waals surface area contributed by atoms with Crippen molar-refractivity contribution in [3.8, 4) is 11.3 Å². The maximum absolute atomic E-state index is 12.4. The highest BCUT2D eigenvalue weighted by molar-refractivity contribution is 7.89. The molecule has 0 amide bonds. The number of aromatic nitrogens is 1. The van der Waals surface area contributed by atoms with Gasteiger partial charge in [-0.25, -0.2) is 17.7 Å².